The number of benzene rings is 2. The van der Waals surface area contributed by atoms with E-state index < -0.39 is 35.4 Å². The molecule has 1 heterocycles. The highest BCUT2D eigenvalue weighted by atomic mass is 19.1. The van der Waals surface area contributed by atoms with Crippen LogP contribution in [0.25, 0.3) is 0 Å². The number of ether oxygens (including phenoxy) is 1. The fourth-order valence-corrected chi connectivity index (χ4v) is 3.16. The highest BCUT2D eigenvalue weighted by Gasteiger charge is 2.32. The van der Waals surface area contributed by atoms with Gasteiger partial charge in [0.25, 0.3) is 5.91 Å². The largest absolute Gasteiger partial charge is 0.497 e. The minimum Gasteiger partial charge on any atom is -0.497 e. The first-order chi connectivity index (χ1) is 15.3. The normalized spacial score (nSPS) is 14.3. The molecule has 3 rings (SSSR count). The third-order valence-electron chi connectivity index (χ3n) is 4.72. The molecule has 2 N–H and O–H groups in total. The Balaban J connectivity index is 1.89. The number of carbonyl (C=O) groups excluding carboxylic acids is 2. The van der Waals surface area contributed by atoms with E-state index in [1.165, 1.54) is 24.1 Å². The summed E-state index contributed by atoms with van der Waals surface area (Å²) in [4.78, 5) is 31.0. The second-order valence-corrected chi connectivity index (χ2v) is 6.79. The van der Waals surface area contributed by atoms with Gasteiger partial charge in [-0.15, -0.1) is 0 Å². The number of nitrogens with one attached hydrogen (secondary N) is 2. The third kappa shape index (κ3) is 5.29. The van der Waals surface area contributed by atoms with Gasteiger partial charge in [0.1, 0.15) is 23.2 Å². The Morgan fingerprint density at radius 1 is 1.22 bits per heavy atom. The van der Waals surface area contributed by atoms with Crippen LogP contribution >= 0.6 is 0 Å². The number of hydrogen-bond acceptors (Lipinski definition) is 5. The molecule has 1 aliphatic heterocycles. The van der Waals surface area contributed by atoms with Crippen LogP contribution < -0.4 is 15.4 Å². The molecule has 0 aromatic heterocycles. The van der Waals surface area contributed by atoms with Crippen molar-refractivity contribution in [2.24, 2.45) is 5.16 Å². The van der Waals surface area contributed by atoms with Crippen molar-refractivity contribution in [1.29, 1.82) is 0 Å². The van der Waals surface area contributed by atoms with Crippen LogP contribution in [-0.4, -0.2) is 49.0 Å². The van der Waals surface area contributed by atoms with E-state index in [4.69, 9.17) is 9.57 Å². The van der Waals surface area contributed by atoms with E-state index in [-0.39, 0.29) is 42.4 Å². The quantitative estimate of drug-likeness (QED) is 0.678. The van der Waals surface area contributed by atoms with Gasteiger partial charge in [0, 0.05) is 36.3 Å². The number of hydrogen-bond donors (Lipinski definition) is 2. The maximum Gasteiger partial charge on any atom is 0.319 e. The average molecular weight is 450 g/mol. The molecule has 0 spiro atoms. The number of rotatable bonds is 7. The topological polar surface area (TPSA) is 92.3 Å². The van der Waals surface area contributed by atoms with E-state index in [1.54, 1.807) is 6.92 Å². The molecule has 1 aliphatic rings. The van der Waals surface area contributed by atoms with Crippen molar-refractivity contribution < 1.29 is 32.3 Å². The van der Waals surface area contributed by atoms with Crippen LogP contribution in [0.3, 0.4) is 0 Å². The zero-order valence-corrected chi connectivity index (χ0v) is 17.3. The van der Waals surface area contributed by atoms with Crippen molar-refractivity contribution in [3.05, 3.63) is 59.4 Å². The molecule has 0 saturated heterocycles. The number of methoxy groups -OCH3 is 1. The van der Waals surface area contributed by atoms with Crippen molar-refractivity contribution in [2.75, 3.05) is 25.6 Å². The number of nitrogens with zero attached hydrogens (tertiary/aromatic N) is 2. The lowest BCUT2D eigenvalue weighted by Crippen LogP contribution is -2.55. The monoisotopic (exact) mass is 450 g/mol. The van der Waals surface area contributed by atoms with Crippen LogP contribution in [0.15, 0.2) is 41.6 Å². The van der Waals surface area contributed by atoms with Gasteiger partial charge in [0.05, 0.1) is 13.2 Å². The molecule has 0 aliphatic carbocycles. The predicted molar refractivity (Wildman–Crippen MR) is 110 cm³/mol. The summed E-state index contributed by atoms with van der Waals surface area (Å²) in [5.41, 5.74) is -0.0515. The van der Waals surface area contributed by atoms with Gasteiger partial charge >= 0.3 is 6.03 Å². The zero-order valence-electron chi connectivity index (χ0n) is 17.3. The maximum absolute atomic E-state index is 14.6. The lowest BCUT2D eigenvalue weighted by Gasteiger charge is -2.31. The number of amidine groups is 1. The second-order valence-electron chi connectivity index (χ2n) is 6.79. The standard InChI is InChI=1S/C21H21F3N4O4/c1-3-28-19(29)11-32-27-20(28)18(10-15-16(23)8-14(31-2)9-17(15)24)26-21(30)25-13-6-4-12(22)5-7-13/h4-9,18H,3,10-11H2,1-2H3,(H2,25,26,30)/t18-/m0/s1. The molecule has 11 heteroatoms. The number of anilines is 1. The first-order valence-corrected chi connectivity index (χ1v) is 9.67. The van der Waals surface area contributed by atoms with Gasteiger partial charge in [-0.3, -0.25) is 9.69 Å². The maximum atomic E-state index is 14.6. The molecule has 170 valence electrons. The number of likely N-dealkylation sites (N-methyl/N-ethyl adjacent to an activating group) is 1. The van der Waals surface area contributed by atoms with E-state index in [0.717, 1.165) is 24.3 Å². The Labute approximate surface area is 182 Å². The first-order valence-electron chi connectivity index (χ1n) is 9.67. The SMILES string of the molecule is CCN1C(=O)CON=C1[C@H](Cc1c(F)cc(OC)cc1F)NC(=O)Nc1ccc(F)cc1. The molecule has 1 atom stereocenters. The molecule has 2 aromatic rings. The summed E-state index contributed by atoms with van der Waals surface area (Å²) in [6, 6.07) is 5.14. The first kappa shape index (κ1) is 22.9. The van der Waals surface area contributed by atoms with Crippen LogP contribution in [0.2, 0.25) is 0 Å². The van der Waals surface area contributed by atoms with E-state index in [2.05, 4.69) is 15.8 Å². The Bertz CT molecular complexity index is 1010. The van der Waals surface area contributed by atoms with Gasteiger partial charge in [-0.25, -0.2) is 18.0 Å². The van der Waals surface area contributed by atoms with E-state index in [0.29, 0.717) is 0 Å². The summed E-state index contributed by atoms with van der Waals surface area (Å²) in [6.07, 6.45) is -0.371. The molecule has 2 aromatic carbocycles. The Morgan fingerprint density at radius 3 is 2.47 bits per heavy atom. The molecule has 8 nitrogen and oxygen atoms in total. The van der Waals surface area contributed by atoms with Gasteiger partial charge in [-0.2, -0.15) is 0 Å². The van der Waals surface area contributed by atoms with Gasteiger partial charge in [0.15, 0.2) is 12.4 Å². The Kier molecular flexibility index (Phi) is 7.18. The van der Waals surface area contributed by atoms with Crippen molar-refractivity contribution >= 4 is 23.5 Å². The number of urea groups is 1. The molecular weight excluding hydrogens is 429 g/mol. The van der Waals surface area contributed by atoms with Gasteiger partial charge in [-0.1, -0.05) is 5.16 Å². The van der Waals surface area contributed by atoms with Crippen molar-refractivity contribution in [2.45, 2.75) is 19.4 Å². The van der Waals surface area contributed by atoms with Gasteiger partial charge in [-0.05, 0) is 31.2 Å². The summed E-state index contributed by atoms with van der Waals surface area (Å²) < 4.78 is 47.1. The average Bonchev–Trinajstić information content (AvgIpc) is 2.76. The summed E-state index contributed by atoms with van der Waals surface area (Å²) in [7, 11) is 1.27. The van der Waals surface area contributed by atoms with Crippen LogP contribution in [0.4, 0.5) is 23.7 Å². The molecule has 3 amide bonds. The number of amides is 3. The van der Waals surface area contributed by atoms with Gasteiger partial charge < -0.3 is 20.2 Å². The van der Waals surface area contributed by atoms with Crippen LogP contribution in [0.5, 0.6) is 5.75 Å². The molecule has 0 bridgehead atoms. The molecule has 0 saturated carbocycles. The van der Waals surface area contributed by atoms with Crippen molar-refractivity contribution in [1.82, 2.24) is 10.2 Å². The second kappa shape index (κ2) is 10.0. The minimum absolute atomic E-state index is 0.00683. The van der Waals surface area contributed by atoms with E-state index in [1.807, 2.05) is 0 Å². The number of oxime groups is 1. The minimum atomic E-state index is -1.13. The van der Waals surface area contributed by atoms with Gasteiger partial charge in [0.2, 0.25) is 0 Å². The highest BCUT2D eigenvalue weighted by molar-refractivity contribution is 6.04. The van der Waals surface area contributed by atoms with Crippen LogP contribution in [0, 0.1) is 17.5 Å². The lowest BCUT2D eigenvalue weighted by atomic mass is 10.0. The molecular formula is C21H21F3N4O4. The van der Waals surface area contributed by atoms with E-state index in [9.17, 15) is 22.8 Å². The summed E-state index contributed by atoms with van der Waals surface area (Å²) >= 11 is 0. The van der Waals surface area contributed by atoms with Crippen LogP contribution in [0.1, 0.15) is 12.5 Å². The third-order valence-corrected chi connectivity index (χ3v) is 4.72. The smallest absolute Gasteiger partial charge is 0.319 e. The van der Waals surface area contributed by atoms with E-state index >= 15 is 0 Å². The molecule has 0 fully saturated rings. The van der Waals surface area contributed by atoms with Crippen molar-refractivity contribution in [3.8, 4) is 5.75 Å². The summed E-state index contributed by atoms with van der Waals surface area (Å²) in [5, 5.41) is 8.90. The highest BCUT2D eigenvalue weighted by Crippen LogP contribution is 2.23. The fraction of sp³-hybridized carbons (Fsp3) is 0.286. The number of carbonyl (C=O) groups is 2. The Hall–Kier alpha value is -3.76. The molecule has 0 unspecified atom stereocenters. The summed E-state index contributed by atoms with van der Waals surface area (Å²) in [5.74, 6) is -2.69. The molecule has 0 radical (unpaired) electrons. The number of halogens is 3. The zero-order chi connectivity index (χ0) is 23.3. The predicted octanol–water partition coefficient (Wildman–Crippen LogP) is 3.04. The van der Waals surface area contributed by atoms with Crippen LogP contribution in [-0.2, 0) is 16.1 Å². The van der Waals surface area contributed by atoms with Crippen molar-refractivity contribution in [3.63, 3.8) is 0 Å². The Morgan fingerprint density at radius 2 is 1.88 bits per heavy atom. The molecule has 32 heavy (non-hydrogen) atoms. The summed E-state index contributed by atoms with van der Waals surface area (Å²) in [6.45, 7) is 1.59. The fourth-order valence-electron chi connectivity index (χ4n) is 3.16. The lowest BCUT2D eigenvalue weighted by molar-refractivity contribution is -0.134.